The minimum absolute atomic E-state index is 0.0471. The maximum atomic E-state index is 12.9. The Morgan fingerprint density at radius 3 is 1.03 bits per heavy atom. The highest BCUT2D eigenvalue weighted by atomic mass is 16.6. The van der Waals surface area contributed by atoms with Crippen LogP contribution in [0.3, 0.4) is 0 Å². The second kappa shape index (κ2) is 59.3. The largest absolute Gasteiger partial charge is 0.462 e. The van der Waals surface area contributed by atoms with Crippen LogP contribution in [0.25, 0.3) is 0 Å². The number of ether oxygens (including phenoxy) is 3. The summed E-state index contributed by atoms with van der Waals surface area (Å²) in [7, 11) is 0. The first kappa shape index (κ1) is 66.0. The van der Waals surface area contributed by atoms with Gasteiger partial charge in [0.15, 0.2) is 6.10 Å². The lowest BCUT2D eigenvalue weighted by Crippen LogP contribution is -2.30. The van der Waals surface area contributed by atoms with Gasteiger partial charge >= 0.3 is 11.9 Å². The second-order valence-corrected chi connectivity index (χ2v) is 18.4. The molecule has 0 aliphatic heterocycles. The molecule has 5 nitrogen and oxygen atoms in total. The van der Waals surface area contributed by atoms with Crippen LogP contribution in [-0.2, 0) is 23.8 Å². The number of hydrogen-bond donors (Lipinski definition) is 0. The number of esters is 2. The minimum Gasteiger partial charge on any atom is -0.462 e. The van der Waals surface area contributed by atoms with E-state index < -0.39 is 6.10 Å². The van der Waals surface area contributed by atoms with E-state index in [1.807, 2.05) is 0 Å². The van der Waals surface area contributed by atoms with E-state index in [0.29, 0.717) is 19.4 Å². The van der Waals surface area contributed by atoms with Crippen molar-refractivity contribution in [3.8, 4) is 0 Å². The third-order valence-electron chi connectivity index (χ3n) is 11.7. The molecule has 0 saturated carbocycles. The fourth-order valence-electron chi connectivity index (χ4n) is 7.44. The fraction of sp³-hybridized carbons (Fsp3) is 0.631. The van der Waals surface area contributed by atoms with Crippen molar-refractivity contribution in [1.29, 1.82) is 0 Å². The Balaban J connectivity index is 4.43. The summed E-state index contributed by atoms with van der Waals surface area (Å²) in [5.41, 5.74) is 0. The Kier molecular flexibility index (Phi) is 56.0. The number of rotatable bonds is 51. The van der Waals surface area contributed by atoms with Crippen LogP contribution < -0.4 is 0 Å². The Labute approximate surface area is 432 Å². The molecule has 0 heterocycles. The van der Waals surface area contributed by atoms with Crippen molar-refractivity contribution in [2.24, 2.45) is 0 Å². The van der Waals surface area contributed by atoms with Gasteiger partial charge in [0.25, 0.3) is 0 Å². The summed E-state index contributed by atoms with van der Waals surface area (Å²) in [4.78, 5) is 25.5. The summed E-state index contributed by atoms with van der Waals surface area (Å²) in [6, 6.07) is 0. The van der Waals surface area contributed by atoms with E-state index in [2.05, 4.69) is 154 Å². The molecule has 70 heavy (non-hydrogen) atoms. The standard InChI is InChI=1S/C65H106O5/c1-4-7-10-13-16-19-22-25-28-31-33-35-37-40-43-46-49-52-55-58-64(66)69-62-63(61-68-60-57-54-51-48-45-42-39-36-32-29-26-23-20-17-14-11-8-5-2)70-65(67)59-56-53-50-47-44-41-38-34-30-27-24-21-18-15-12-9-6-3/h8-9,11-12,16-21,25-30,36,38-39,41,45,48,63H,4-7,10,13-15,22-24,31-35,37,40,42-44,46-47,49-62H2,1-3H3/b11-8-,12-9-,19-16-,20-17-,21-18-,28-25-,29-26-,30-27-,39-36-,41-38-,48-45-. The molecule has 0 rings (SSSR count). The number of carbonyl (C=O) groups excluding carboxylic acids is 2. The minimum atomic E-state index is -0.584. The van der Waals surface area contributed by atoms with Gasteiger partial charge in [0, 0.05) is 19.4 Å². The Hall–Kier alpha value is -3.96. The monoisotopic (exact) mass is 967 g/mol. The molecule has 0 amide bonds. The van der Waals surface area contributed by atoms with Gasteiger partial charge in [0.05, 0.1) is 6.61 Å². The molecule has 0 N–H and O–H groups in total. The SMILES string of the molecule is CC/C=C\C/C=C\C/C=C\C/C=C\C/C=C\CCCCOCC(COC(=O)CCCCCCCCCCC/C=C\C/C=C\CCCCC)OC(=O)CCCCCC/C=C\C/C=C\C/C=C\C/C=C\CC. The summed E-state index contributed by atoms with van der Waals surface area (Å²) < 4.78 is 17.4. The third kappa shape index (κ3) is 56.6. The Morgan fingerprint density at radius 2 is 0.643 bits per heavy atom. The van der Waals surface area contributed by atoms with Crippen LogP contribution >= 0.6 is 0 Å². The molecular weight excluding hydrogens is 861 g/mol. The van der Waals surface area contributed by atoms with Crippen LogP contribution in [0.1, 0.15) is 239 Å². The van der Waals surface area contributed by atoms with Gasteiger partial charge < -0.3 is 14.2 Å². The molecule has 5 heteroatoms. The summed E-state index contributed by atoms with van der Waals surface area (Å²) in [5.74, 6) is -0.460. The predicted octanol–water partition coefficient (Wildman–Crippen LogP) is 19.9. The van der Waals surface area contributed by atoms with Gasteiger partial charge in [0.1, 0.15) is 6.61 Å². The van der Waals surface area contributed by atoms with E-state index in [9.17, 15) is 9.59 Å². The van der Waals surface area contributed by atoms with Gasteiger partial charge in [-0.2, -0.15) is 0 Å². The third-order valence-corrected chi connectivity index (χ3v) is 11.7. The first-order valence-corrected chi connectivity index (χ1v) is 28.7. The zero-order chi connectivity index (χ0) is 50.6. The number of allylic oxidation sites excluding steroid dienone is 22. The molecule has 1 atom stereocenters. The van der Waals surface area contributed by atoms with Gasteiger partial charge in [-0.3, -0.25) is 9.59 Å². The number of unbranched alkanes of at least 4 members (excludes halogenated alkanes) is 18. The van der Waals surface area contributed by atoms with Crippen LogP contribution in [0.5, 0.6) is 0 Å². The quantitative estimate of drug-likeness (QED) is 0.0345. The summed E-state index contributed by atoms with van der Waals surface area (Å²) in [6.45, 7) is 7.44. The molecule has 0 saturated heterocycles. The zero-order valence-electron chi connectivity index (χ0n) is 45.5. The van der Waals surface area contributed by atoms with Crippen molar-refractivity contribution in [2.45, 2.75) is 245 Å². The van der Waals surface area contributed by atoms with Gasteiger partial charge in [-0.1, -0.05) is 225 Å². The first-order valence-electron chi connectivity index (χ1n) is 28.7. The summed E-state index contributed by atoms with van der Waals surface area (Å²) >= 11 is 0. The van der Waals surface area contributed by atoms with Crippen LogP contribution in [-0.4, -0.2) is 37.9 Å². The van der Waals surface area contributed by atoms with Crippen LogP contribution in [0, 0.1) is 0 Å². The molecule has 0 aliphatic rings. The van der Waals surface area contributed by atoms with Crippen molar-refractivity contribution in [3.63, 3.8) is 0 Å². The second-order valence-electron chi connectivity index (χ2n) is 18.4. The average molecular weight is 968 g/mol. The van der Waals surface area contributed by atoms with Crippen molar-refractivity contribution >= 4 is 11.9 Å². The first-order chi connectivity index (χ1) is 34.6. The molecule has 0 fully saturated rings. The smallest absolute Gasteiger partial charge is 0.306 e. The van der Waals surface area contributed by atoms with Crippen molar-refractivity contribution in [2.75, 3.05) is 19.8 Å². The van der Waals surface area contributed by atoms with E-state index >= 15 is 0 Å². The average Bonchev–Trinajstić information content (AvgIpc) is 3.36. The predicted molar refractivity (Wildman–Crippen MR) is 306 cm³/mol. The number of hydrogen-bond acceptors (Lipinski definition) is 5. The maximum absolute atomic E-state index is 12.9. The Morgan fingerprint density at radius 1 is 0.329 bits per heavy atom. The van der Waals surface area contributed by atoms with Gasteiger partial charge in [-0.05, 0) is 135 Å². The van der Waals surface area contributed by atoms with Crippen molar-refractivity contribution in [1.82, 2.24) is 0 Å². The van der Waals surface area contributed by atoms with E-state index in [-0.39, 0.29) is 25.2 Å². The lowest BCUT2D eigenvalue weighted by Gasteiger charge is -2.18. The lowest BCUT2D eigenvalue weighted by molar-refractivity contribution is -0.163. The molecule has 396 valence electrons. The highest BCUT2D eigenvalue weighted by Gasteiger charge is 2.17. The molecule has 0 aromatic rings. The molecular formula is C65H106O5. The molecule has 0 spiro atoms. The molecule has 0 aromatic carbocycles. The molecule has 0 aromatic heterocycles. The van der Waals surface area contributed by atoms with Gasteiger partial charge in [0.2, 0.25) is 0 Å². The molecule has 1 unspecified atom stereocenters. The van der Waals surface area contributed by atoms with E-state index in [1.54, 1.807) is 0 Å². The lowest BCUT2D eigenvalue weighted by atomic mass is 10.1. The highest BCUT2D eigenvalue weighted by molar-refractivity contribution is 5.70. The molecule has 0 aliphatic carbocycles. The van der Waals surface area contributed by atoms with E-state index in [4.69, 9.17) is 14.2 Å². The zero-order valence-corrected chi connectivity index (χ0v) is 45.5. The fourth-order valence-corrected chi connectivity index (χ4v) is 7.44. The molecule has 0 radical (unpaired) electrons. The molecule has 0 bridgehead atoms. The normalized spacial score (nSPS) is 13.2. The highest BCUT2D eigenvalue weighted by Crippen LogP contribution is 2.14. The van der Waals surface area contributed by atoms with Gasteiger partial charge in [-0.25, -0.2) is 0 Å². The Bertz CT molecular complexity index is 1470. The summed E-state index contributed by atoms with van der Waals surface area (Å²) in [6.07, 6.45) is 84.7. The van der Waals surface area contributed by atoms with Gasteiger partial charge in [-0.15, -0.1) is 0 Å². The van der Waals surface area contributed by atoms with E-state index in [1.165, 1.54) is 70.6 Å². The topological polar surface area (TPSA) is 61.8 Å². The van der Waals surface area contributed by atoms with Crippen LogP contribution in [0.2, 0.25) is 0 Å². The number of carbonyl (C=O) groups is 2. The maximum Gasteiger partial charge on any atom is 0.306 e. The van der Waals surface area contributed by atoms with Crippen molar-refractivity contribution < 1.29 is 23.8 Å². The summed E-state index contributed by atoms with van der Waals surface area (Å²) in [5, 5.41) is 0. The van der Waals surface area contributed by atoms with E-state index in [0.717, 1.165) is 135 Å². The van der Waals surface area contributed by atoms with Crippen molar-refractivity contribution in [3.05, 3.63) is 134 Å². The van der Waals surface area contributed by atoms with Crippen LogP contribution in [0.4, 0.5) is 0 Å². The van der Waals surface area contributed by atoms with Crippen LogP contribution in [0.15, 0.2) is 134 Å².